The molecule has 0 atom stereocenters. The molecular weight excluding hydrogens is 225 g/mol. The molecule has 1 aromatic heterocycles. The van der Waals surface area contributed by atoms with Gasteiger partial charge in [0.15, 0.2) is 0 Å². The lowest BCUT2D eigenvalue weighted by Gasteiger charge is -2.15. The molecule has 0 saturated carbocycles. The summed E-state index contributed by atoms with van der Waals surface area (Å²) in [5.41, 5.74) is -0.883. The topological polar surface area (TPSA) is 44.0 Å². The zero-order valence-corrected chi connectivity index (χ0v) is 9.73. The third kappa shape index (κ3) is 1.58. The summed E-state index contributed by atoms with van der Waals surface area (Å²) in [4.78, 5) is 0.509. The molecule has 4 heteroatoms. The maximum atomic E-state index is 13.6. The second kappa shape index (κ2) is 3.55. The number of nitriles is 1. The van der Waals surface area contributed by atoms with E-state index in [1.54, 1.807) is 26.0 Å². The van der Waals surface area contributed by atoms with Crippen molar-refractivity contribution < 1.29 is 9.50 Å². The molecule has 0 fully saturated rings. The van der Waals surface area contributed by atoms with Crippen LogP contribution in [0, 0.1) is 17.1 Å². The van der Waals surface area contributed by atoms with E-state index in [4.69, 9.17) is 5.26 Å². The lowest BCUT2D eigenvalue weighted by Crippen LogP contribution is -2.14. The Bertz CT molecular complexity index is 589. The van der Waals surface area contributed by atoms with Crippen LogP contribution in [0.5, 0.6) is 0 Å². The number of thiophene rings is 1. The van der Waals surface area contributed by atoms with Crippen LogP contribution >= 0.6 is 11.3 Å². The maximum absolute atomic E-state index is 13.6. The quantitative estimate of drug-likeness (QED) is 0.825. The van der Waals surface area contributed by atoms with E-state index in [-0.39, 0.29) is 5.56 Å². The predicted octanol–water partition coefficient (Wildman–Crippen LogP) is 3.14. The maximum Gasteiger partial charge on any atom is 0.133 e. The van der Waals surface area contributed by atoms with Crippen molar-refractivity contribution in [2.24, 2.45) is 0 Å². The molecule has 0 aliphatic heterocycles. The fourth-order valence-corrected chi connectivity index (χ4v) is 2.81. The lowest BCUT2D eigenvalue weighted by molar-refractivity contribution is 0.0824. The molecule has 0 unspecified atom stereocenters. The monoisotopic (exact) mass is 235 g/mol. The fraction of sp³-hybridized carbons (Fsp3) is 0.250. The SMILES string of the molecule is CC(C)(O)c1sc2cccc(F)c2c1C#N. The average Bonchev–Trinajstić information content (AvgIpc) is 2.57. The van der Waals surface area contributed by atoms with Crippen LogP contribution in [0.15, 0.2) is 18.2 Å². The van der Waals surface area contributed by atoms with Crippen LogP contribution in [0.1, 0.15) is 24.3 Å². The van der Waals surface area contributed by atoms with Crippen molar-refractivity contribution in [3.8, 4) is 6.07 Å². The summed E-state index contributed by atoms with van der Waals surface area (Å²) in [5.74, 6) is -0.416. The molecule has 0 aliphatic carbocycles. The highest BCUT2D eigenvalue weighted by molar-refractivity contribution is 7.19. The highest BCUT2D eigenvalue weighted by Crippen LogP contribution is 2.38. The smallest absolute Gasteiger partial charge is 0.133 e. The van der Waals surface area contributed by atoms with Crippen LogP contribution < -0.4 is 0 Å². The Hall–Kier alpha value is -1.44. The average molecular weight is 235 g/mol. The molecule has 1 aromatic carbocycles. The second-order valence-electron chi connectivity index (χ2n) is 4.09. The van der Waals surface area contributed by atoms with Gasteiger partial charge in [-0.25, -0.2) is 4.39 Å². The van der Waals surface area contributed by atoms with Gasteiger partial charge in [-0.15, -0.1) is 11.3 Å². The Kier molecular flexibility index (Phi) is 2.45. The van der Waals surface area contributed by atoms with Crippen LogP contribution in [0.2, 0.25) is 0 Å². The van der Waals surface area contributed by atoms with Crippen molar-refractivity contribution in [3.63, 3.8) is 0 Å². The van der Waals surface area contributed by atoms with Crippen LogP contribution in [-0.4, -0.2) is 5.11 Å². The van der Waals surface area contributed by atoms with Gasteiger partial charge in [-0.3, -0.25) is 0 Å². The molecule has 0 bridgehead atoms. The molecule has 82 valence electrons. The lowest BCUT2D eigenvalue weighted by atomic mass is 10.0. The van der Waals surface area contributed by atoms with Crippen molar-refractivity contribution in [2.45, 2.75) is 19.4 Å². The molecule has 0 amide bonds. The van der Waals surface area contributed by atoms with Gasteiger partial charge in [-0.2, -0.15) is 5.26 Å². The molecule has 0 radical (unpaired) electrons. The fourth-order valence-electron chi connectivity index (χ4n) is 1.64. The number of hydrogen-bond donors (Lipinski definition) is 1. The number of fused-ring (bicyclic) bond motifs is 1. The molecule has 2 aromatic rings. The van der Waals surface area contributed by atoms with Crippen LogP contribution in [0.4, 0.5) is 4.39 Å². The van der Waals surface area contributed by atoms with E-state index in [2.05, 4.69) is 0 Å². The minimum Gasteiger partial charge on any atom is -0.385 e. The molecule has 0 spiro atoms. The van der Waals surface area contributed by atoms with E-state index in [0.717, 1.165) is 0 Å². The third-order valence-electron chi connectivity index (χ3n) is 2.33. The predicted molar refractivity (Wildman–Crippen MR) is 61.7 cm³/mol. The van der Waals surface area contributed by atoms with Crippen LogP contribution in [0.25, 0.3) is 10.1 Å². The van der Waals surface area contributed by atoms with E-state index in [0.29, 0.717) is 15.0 Å². The Balaban J connectivity index is 2.90. The van der Waals surface area contributed by atoms with E-state index in [1.165, 1.54) is 17.4 Å². The van der Waals surface area contributed by atoms with Crippen molar-refractivity contribution in [3.05, 3.63) is 34.5 Å². The molecule has 1 heterocycles. The summed E-state index contributed by atoms with van der Waals surface area (Å²) in [5, 5.41) is 19.3. The van der Waals surface area contributed by atoms with Gasteiger partial charge in [0.05, 0.1) is 16.0 Å². The number of benzene rings is 1. The first-order valence-corrected chi connectivity index (χ1v) is 5.60. The number of hydrogen-bond acceptors (Lipinski definition) is 3. The normalized spacial score (nSPS) is 11.7. The Morgan fingerprint density at radius 2 is 2.12 bits per heavy atom. The molecule has 0 saturated heterocycles. The summed E-state index contributed by atoms with van der Waals surface area (Å²) < 4.78 is 14.3. The molecule has 2 nitrogen and oxygen atoms in total. The number of aliphatic hydroxyl groups is 1. The standard InChI is InChI=1S/C12H10FNOS/c1-12(2,15)11-7(6-14)10-8(13)4-3-5-9(10)16-11/h3-5,15H,1-2H3. The molecule has 2 rings (SSSR count). The zero-order chi connectivity index (χ0) is 11.9. The summed E-state index contributed by atoms with van der Waals surface area (Å²) >= 11 is 1.26. The van der Waals surface area contributed by atoms with Crippen molar-refractivity contribution in [2.75, 3.05) is 0 Å². The van der Waals surface area contributed by atoms with Crippen molar-refractivity contribution >= 4 is 21.4 Å². The minimum absolute atomic E-state index is 0.241. The highest BCUT2D eigenvalue weighted by Gasteiger charge is 2.26. The molecule has 0 aliphatic rings. The van der Waals surface area contributed by atoms with E-state index >= 15 is 0 Å². The van der Waals surface area contributed by atoms with Crippen LogP contribution in [-0.2, 0) is 5.60 Å². The first kappa shape index (κ1) is 11.1. The zero-order valence-electron chi connectivity index (χ0n) is 8.91. The Morgan fingerprint density at radius 1 is 1.44 bits per heavy atom. The molecule has 1 N–H and O–H groups in total. The van der Waals surface area contributed by atoms with Gasteiger partial charge in [0.2, 0.25) is 0 Å². The van der Waals surface area contributed by atoms with E-state index < -0.39 is 11.4 Å². The van der Waals surface area contributed by atoms with Gasteiger partial charge in [0.25, 0.3) is 0 Å². The molecular formula is C12H10FNOS. The van der Waals surface area contributed by atoms with E-state index in [9.17, 15) is 9.50 Å². The van der Waals surface area contributed by atoms with Gasteiger partial charge in [-0.1, -0.05) is 6.07 Å². The van der Waals surface area contributed by atoms with Crippen molar-refractivity contribution in [1.29, 1.82) is 5.26 Å². The Labute approximate surface area is 96.6 Å². The Morgan fingerprint density at radius 3 is 2.69 bits per heavy atom. The minimum atomic E-state index is -1.12. The summed E-state index contributed by atoms with van der Waals surface area (Å²) in [6.07, 6.45) is 0. The van der Waals surface area contributed by atoms with Gasteiger partial charge in [0, 0.05) is 10.1 Å². The third-order valence-corrected chi connectivity index (χ3v) is 3.80. The van der Waals surface area contributed by atoms with Gasteiger partial charge < -0.3 is 5.11 Å². The number of rotatable bonds is 1. The van der Waals surface area contributed by atoms with Crippen LogP contribution in [0.3, 0.4) is 0 Å². The summed E-state index contributed by atoms with van der Waals surface area (Å²) in [7, 11) is 0. The highest BCUT2D eigenvalue weighted by atomic mass is 32.1. The number of nitrogens with zero attached hydrogens (tertiary/aromatic N) is 1. The summed E-state index contributed by atoms with van der Waals surface area (Å²) in [6.45, 7) is 3.19. The van der Waals surface area contributed by atoms with Crippen molar-refractivity contribution in [1.82, 2.24) is 0 Å². The largest absolute Gasteiger partial charge is 0.385 e. The second-order valence-corrected chi connectivity index (χ2v) is 5.14. The molecule has 16 heavy (non-hydrogen) atoms. The summed E-state index contributed by atoms with van der Waals surface area (Å²) in [6, 6.07) is 6.65. The van der Waals surface area contributed by atoms with Gasteiger partial charge >= 0.3 is 0 Å². The first-order chi connectivity index (χ1) is 7.45. The van der Waals surface area contributed by atoms with Gasteiger partial charge in [-0.05, 0) is 26.0 Å². The number of halogens is 1. The van der Waals surface area contributed by atoms with Gasteiger partial charge in [0.1, 0.15) is 11.9 Å². The van der Waals surface area contributed by atoms with E-state index in [1.807, 2.05) is 6.07 Å². The first-order valence-electron chi connectivity index (χ1n) is 4.79.